The summed E-state index contributed by atoms with van der Waals surface area (Å²) in [5, 5.41) is 7.66. The summed E-state index contributed by atoms with van der Waals surface area (Å²) in [5.41, 5.74) is 2.54. The third-order valence-electron chi connectivity index (χ3n) is 3.27. The maximum atomic E-state index is 12.3. The van der Waals surface area contributed by atoms with Crippen LogP contribution in [0.25, 0.3) is 0 Å². The first-order valence-electron chi connectivity index (χ1n) is 6.62. The predicted molar refractivity (Wildman–Crippen MR) is 88.1 cm³/mol. The minimum absolute atomic E-state index is 0.0564. The normalized spacial score (nSPS) is 12.2. The summed E-state index contributed by atoms with van der Waals surface area (Å²) in [6, 6.07) is 7.52. The van der Waals surface area contributed by atoms with E-state index in [1.165, 1.54) is 11.8 Å². The van der Waals surface area contributed by atoms with Gasteiger partial charge in [0.05, 0.1) is 27.3 Å². The molecular formula is C15H18ClN3OS. The fourth-order valence-corrected chi connectivity index (χ4v) is 3.12. The van der Waals surface area contributed by atoms with Crippen molar-refractivity contribution < 1.29 is 4.79 Å². The molecule has 0 bridgehead atoms. The Bertz CT molecular complexity index is 669. The number of thioether (sulfide) groups is 1. The van der Waals surface area contributed by atoms with Crippen molar-refractivity contribution in [1.29, 1.82) is 0 Å². The average molecular weight is 324 g/mol. The lowest BCUT2D eigenvalue weighted by Gasteiger charge is -2.13. The van der Waals surface area contributed by atoms with Crippen LogP contribution < -0.4 is 5.32 Å². The molecule has 0 radical (unpaired) electrons. The summed E-state index contributed by atoms with van der Waals surface area (Å²) in [7, 11) is 1.86. The van der Waals surface area contributed by atoms with Gasteiger partial charge in [-0.05, 0) is 32.9 Å². The highest BCUT2D eigenvalue weighted by atomic mass is 35.5. The number of carbonyl (C=O) groups is 1. The summed E-state index contributed by atoms with van der Waals surface area (Å²) in [6.07, 6.45) is 0. The number of nitrogens with zero attached hydrogens (tertiary/aromatic N) is 2. The molecule has 0 spiro atoms. The van der Waals surface area contributed by atoms with Crippen LogP contribution in [0.15, 0.2) is 29.2 Å². The monoisotopic (exact) mass is 323 g/mol. The quantitative estimate of drug-likeness (QED) is 0.870. The molecule has 0 saturated heterocycles. The molecule has 1 atom stereocenters. The van der Waals surface area contributed by atoms with Gasteiger partial charge in [0.2, 0.25) is 5.91 Å². The Morgan fingerprint density at radius 2 is 2.05 bits per heavy atom. The van der Waals surface area contributed by atoms with E-state index in [2.05, 4.69) is 10.4 Å². The maximum absolute atomic E-state index is 12.3. The molecule has 21 heavy (non-hydrogen) atoms. The van der Waals surface area contributed by atoms with E-state index in [-0.39, 0.29) is 11.2 Å². The lowest BCUT2D eigenvalue weighted by atomic mass is 10.3. The number of halogens is 1. The molecule has 4 nitrogen and oxygen atoms in total. The zero-order valence-electron chi connectivity index (χ0n) is 12.5. The molecule has 6 heteroatoms. The number of hydrogen-bond acceptors (Lipinski definition) is 3. The highest BCUT2D eigenvalue weighted by Gasteiger charge is 2.19. The van der Waals surface area contributed by atoms with Gasteiger partial charge < -0.3 is 5.32 Å². The smallest absolute Gasteiger partial charge is 0.237 e. The van der Waals surface area contributed by atoms with E-state index in [0.29, 0.717) is 5.02 Å². The fourth-order valence-electron chi connectivity index (χ4n) is 1.96. The Kier molecular flexibility index (Phi) is 4.96. The zero-order chi connectivity index (χ0) is 15.6. The van der Waals surface area contributed by atoms with Crippen LogP contribution in [-0.4, -0.2) is 20.9 Å². The molecule has 1 N–H and O–H groups in total. The Hall–Kier alpha value is -1.46. The summed E-state index contributed by atoms with van der Waals surface area (Å²) in [5.74, 6) is -0.0564. The average Bonchev–Trinajstić information content (AvgIpc) is 2.67. The van der Waals surface area contributed by atoms with Gasteiger partial charge in [-0.1, -0.05) is 23.7 Å². The lowest BCUT2D eigenvalue weighted by Crippen LogP contribution is -2.23. The molecule has 1 amide bonds. The van der Waals surface area contributed by atoms with Crippen molar-refractivity contribution in [1.82, 2.24) is 9.78 Å². The van der Waals surface area contributed by atoms with Crippen LogP contribution in [0.3, 0.4) is 0 Å². The highest BCUT2D eigenvalue weighted by Crippen LogP contribution is 2.30. The van der Waals surface area contributed by atoms with Crippen molar-refractivity contribution in [3.05, 3.63) is 40.7 Å². The van der Waals surface area contributed by atoms with Gasteiger partial charge in [-0.25, -0.2) is 0 Å². The van der Waals surface area contributed by atoms with E-state index >= 15 is 0 Å². The van der Waals surface area contributed by atoms with Crippen molar-refractivity contribution in [2.24, 2.45) is 7.05 Å². The molecule has 0 aliphatic heterocycles. The summed E-state index contributed by atoms with van der Waals surface area (Å²) in [4.78, 5) is 13.2. The van der Waals surface area contributed by atoms with E-state index in [1.54, 1.807) is 4.68 Å². The SMILES string of the molecule is Cc1nn(C)c(C)c1NC(=O)[C@H](C)Sc1ccccc1Cl. The second-order valence-electron chi connectivity index (χ2n) is 4.85. The Morgan fingerprint density at radius 3 is 2.62 bits per heavy atom. The topological polar surface area (TPSA) is 46.9 Å². The number of aromatic nitrogens is 2. The summed E-state index contributed by atoms with van der Waals surface area (Å²) < 4.78 is 1.76. The van der Waals surface area contributed by atoms with Crippen LogP contribution in [0.1, 0.15) is 18.3 Å². The van der Waals surface area contributed by atoms with Crippen LogP contribution >= 0.6 is 23.4 Å². The van der Waals surface area contributed by atoms with Crippen LogP contribution in [-0.2, 0) is 11.8 Å². The number of amides is 1. The third-order valence-corrected chi connectivity index (χ3v) is 4.89. The van der Waals surface area contributed by atoms with Gasteiger partial charge in [-0.2, -0.15) is 5.10 Å². The van der Waals surface area contributed by atoms with E-state index in [4.69, 9.17) is 11.6 Å². The zero-order valence-corrected chi connectivity index (χ0v) is 14.0. The number of carbonyl (C=O) groups excluding carboxylic acids is 1. The van der Waals surface area contributed by atoms with Crippen LogP contribution in [0.2, 0.25) is 5.02 Å². The molecule has 2 aromatic rings. The van der Waals surface area contributed by atoms with Crippen molar-refractivity contribution in [3.63, 3.8) is 0 Å². The van der Waals surface area contributed by atoms with Gasteiger partial charge in [0.1, 0.15) is 0 Å². The van der Waals surface area contributed by atoms with Crippen molar-refractivity contribution >= 4 is 35.0 Å². The van der Waals surface area contributed by atoms with Gasteiger partial charge >= 0.3 is 0 Å². The summed E-state index contributed by atoms with van der Waals surface area (Å²) >= 11 is 7.57. The van der Waals surface area contributed by atoms with E-state index in [0.717, 1.165) is 22.0 Å². The first-order valence-corrected chi connectivity index (χ1v) is 7.88. The van der Waals surface area contributed by atoms with Crippen LogP contribution in [0.4, 0.5) is 5.69 Å². The van der Waals surface area contributed by atoms with Gasteiger partial charge in [-0.15, -0.1) is 11.8 Å². The van der Waals surface area contributed by atoms with Crippen molar-refractivity contribution in [3.8, 4) is 0 Å². The van der Waals surface area contributed by atoms with Gasteiger partial charge in [0.15, 0.2) is 0 Å². The van der Waals surface area contributed by atoms with E-state index < -0.39 is 0 Å². The fraction of sp³-hybridized carbons (Fsp3) is 0.333. The maximum Gasteiger partial charge on any atom is 0.237 e. The molecular weight excluding hydrogens is 306 g/mol. The van der Waals surface area contributed by atoms with E-state index in [9.17, 15) is 4.79 Å². The van der Waals surface area contributed by atoms with Crippen LogP contribution in [0.5, 0.6) is 0 Å². The Morgan fingerprint density at radius 1 is 1.38 bits per heavy atom. The largest absolute Gasteiger partial charge is 0.322 e. The third kappa shape index (κ3) is 3.60. The standard InChI is InChI=1S/C15H18ClN3OS/c1-9-14(10(2)19(4)18-9)17-15(20)11(3)21-13-8-6-5-7-12(13)16/h5-8,11H,1-4H3,(H,17,20)/t11-/m0/s1. The number of benzene rings is 1. The molecule has 0 unspecified atom stereocenters. The molecule has 0 aliphatic rings. The van der Waals surface area contributed by atoms with Gasteiger partial charge in [-0.3, -0.25) is 9.48 Å². The predicted octanol–water partition coefficient (Wildman–Crippen LogP) is 3.81. The minimum atomic E-state index is -0.246. The highest BCUT2D eigenvalue weighted by molar-refractivity contribution is 8.00. The van der Waals surface area contributed by atoms with Crippen molar-refractivity contribution in [2.75, 3.05) is 5.32 Å². The Balaban J connectivity index is 2.08. The molecule has 0 aliphatic carbocycles. The second kappa shape index (κ2) is 6.54. The number of nitrogens with one attached hydrogen (secondary N) is 1. The number of rotatable bonds is 4. The Labute approximate surface area is 133 Å². The van der Waals surface area contributed by atoms with E-state index in [1.807, 2.05) is 52.1 Å². The molecule has 1 heterocycles. The number of hydrogen-bond donors (Lipinski definition) is 1. The second-order valence-corrected chi connectivity index (χ2v) is 6.64. The summed E-state index contributed by atoms with van der Waals surface area (Å²) in [6.45, 7) is 5.68. The first kappa shape index (κ1) is 15.9. The molecule has 1 aromatic heterocycles. The van der Waals surface area contributed by atoms with Crippen LogP contribution in [0, 0.1) is 13.8 Å². The molecule has 112 valence electrons. The lowest BCUT2D eigenvalue weighted by molar-refractivity contribution is -0.115. The first-order chi connectivity index (χ1) is 9.90. The van der Waals surface area contributed by atoms with Gasteiger partial charge in [0, 0.05) is 11.9 Å². The molecule has 1 aromatic carbocycles. The molecule has 0 saturated carbocycles. The molecule has 2 rings (SSSR count). The minimum Gasteiger partial charge on any atom is -0.322 e. The van der Waals surface area contributed by atoms with Gasteiger partial charge in [0.25, 0.3) is 0 Å². The number of anilines is 1. The number of aryl methyl sites for hydroxylation is 2. The molecule has 0 fully saturated rings. The van der Waals surface area contributed by atoms with Crippen molar-refractivity contribution in [2.45, 2.75) is 30.9 Å².